The fourth-order valence-corrected chi connectivity index (χ4v) is 6.16. The van der Waals surface area contributed by atoms with Gasteiger partial charge in [-0.1, -0.05) is 103 Å². The molecule has 5 heteroatoms. The van der Waals surface area contributed by atoms with E-state index in [1.54, 1.807) is 42.5 Å². The molecule has 0 unspecified atom stereocenters. The van der Waals surface area contributed by atoms with Gasteiger partial charge in [-0.15, -0.1) is 0 Å². The van der Waals surface area contributed by atoms with Crippen molar-refractivity contribution < 1.29 is 9.36 Å². The molecule has 1 N–H and O–H groups in total. The van der Waals surface area contributed by atoms with Crippen molar-refractivity contribution in [2.45, 2.75) is 0 Å². The highest BCUT2D eigenvalue weighted by Crippen LogP contribution is 2.51. The molecule has 0 aliphatic carbocycles. The molecule has 0 radical (unpaired) electrons. The number of nitrogens with one attached hydrogen (secondary N) is 1. The molecular formula is C27H21ClNO2P. The summed E-state index contributed by atoms with van der Waals surface area (Å²) in [4.78, 5) is 13.1. The first-order chi connectivity index (χ1) is 15.6. The zero-order valence-electron chi connectivity index (χ0n) is 17.2. The summed E-state index contributed by atoms with van der Waals surface area (Å²) >= 11 is 6.05. The van der Waals surface area contributed by atoms with Gasteiger partial charge in [0.15, 0.2) is 7.14 Å². The van der Waals surface area contributed by atoms with E-state index in [0.29, 0.717) is 26.6 Å². The molecule has 4 rings (SSSR count). The molecule has 0 aliphatic heterocycles. The summed E-state index contributed by atoms with van der Waals surface area (Å²) in [5, 5.41) is 4.84. The number of carbonyl (C=O) groups is 1. The molecule has 0 bridgehead atoms. The molecule has 1 amide bonds. The fraction of sp³-hybridized carbons (Fsp3) is 0. The Morgan fingerprint density at radius 2 is 1.16 bits per heavy atom. The van der Waals surface area contributed by atoms with Crippen molar-refractivity contribution in [2.75, 3.05) is 0 Å². The Kier molecular flexibility index (Phi) is 6.70. The Balaban J connectivity index is 1.90. The normalized spacial score (nSPS) is 11.7. The quantitative estimate of drug-likeness (QED) is 0.356. The number of rotatable bonds is 6. The zero-order valence-corrected chi connectivity index (χ0v) is 18.8. The number of benzene rings is 4. The predicted octanol–water partition coefficient (Wildman–Crippen LogP) is 6.08. The van der Waals surface area contributed by atoms with Crippen molar-refractivity contribution in [1.82, 2.24) is 5.32 Å². The van der Waals surface area contributed by atoms with Gasteiger partial charge in [-0.25, -0.2) is 0 Å². The Hall–Kier alpha value is -3.39. The third kappa shape index (κ3) is 4.75. The summed E-state index contributed by atoms with van der Waals surface area (Å²) in [7, 11) is -3.39. The molecule has 0 saturated heterocycles. The van der Waals surface area contributed by atoms with Crippen LogP contribution in [0.4, 0.5) is 0 Å². The first kappa shape index (κ1) is 21.8. The molecule has 32 heavy (non-hydrogen) atoms. The molecule has 0 aromatic heterocycles. The second-order valence-corrected chi connectivity index (χ2v) is 10.4. The van der Waals surface area contributed by atoms with Crippen molar-refractivity contribution in [2.24, 2.45) is 0 Å². The van der Waals surface area contributed by atoms with E-state index in [4.69, 9.17) is 11.6 Å². The summed E-state index contributed by atoms with van der Waals surface area (Å²) in [6.07, 6.45) is 1.76. The highest BCUT2D eigenvalue weighted by atomic mass is 35.5. The van der Waals surface area contributed by atoms with Crippen LogP contribution in [0.2, 0.25) is 5.02 Å². The highest BCUT2D eigenvalue weighted by Gasteiger charge is 2.33. The average molecular weight is 458 g/mol. The predicted molar refractivity (Wildman–Crippen MR) is 133 cm³/mol. The minimum absolute atomic E-state index is 0.321. The summed E-state index contributed by atoms with van der Waals surface area (Å²) in [6, 6.07) is 34.6. The van der Waals surface area contributed by atoms with E-state index in [9.17, 15) is 9.36 Å². The molecule has 0 saturated carbocycles. The van der Waals surface area contributed by atoms with Gasteiger partial charge in [0.1, 0.15) is 0 Å². The number of hydrogen-bond acceptors (Lipinski definition) is 2. The van der Waals surface area contributed by atoms with Crippen LogP contribution in [0.15, 0.2) is 121 Å². The lowest BCUT2D eigenvalue weighted by Crippen LogP contribution is -2.29. The number of amides is 1. The highest BCUT2D eigenvalue weighted by molar-refractivity contribution is 7.82. The molecule has 3 nitrogen and oxygen atoms in total. The van der Waals surface area contributed by atoms with Gasteiger partial charge in [-0.05, 0) is 35.9 Å². The Morgan fingerprint density at radius 3 is 1.66 bits per heavy atom. The molecule has 0 atom stereocenters. The Labute approximate surface area is 192 Å². The monoisotopic (exact) mass is 457 g/mol. The van der Waals surface area contributed by atoms with Gasteiger partial charge in [0.05, 0.1) is 5.44 Å². The second kappa shape index (κ2) is 9.82. The lowest BCUT2D eigenvalue weighted by molar-refractivity contribution is 0.0968. The van der Waals surface area contributed by atoms with Gasteiger partial charge < -0.3 is 9.88 Å². The summed E-state index contributed by atoms with van der Waals surface area (Å²) in [5.41, 5.74) is 1.61. The first-order valence-electron chi connectivity index (χ1n) is 10.1. The minimum Gasteiger partial charge on any atom is -0.318 e. The maximum atomic E-state index is 14.8. The van der Waals surface area contributed by atoms with Crippen LogP contribution in [0.1, 0.15) is 15.9 Å². The van der Waals surface area contributed by atoms with E-state index < -0.39 is 7.14 Å². The standard InChI is InChI=1S/C27H21ClNO2P/c28-23-18-16-21(17-19-23)20-26(29-27(30)22-10-4-1-5-11-22)32(31,24-12-6-2-7-13-24)25-14-8-3-9-15-25/h1-20H,(H,29,30). The van der Waals surface area contributed by atoms with Gasteiger partial charge in [-0.2, -0.15) is 0 Å². The maximum Gasteiger partial charge on any atom is 0.255 e. The van der Waals surface area contributed by atoms with Crippen molar-refractivity contribution in [3.05, 3.63) is 137 Å². The fourth-order valence-electron chi connectivity index (χ4n) is 3.40. The third-order valence-corrected chi connectivity index (χ3v) is 8.25. The topological polar surface area (TPSA) is 46.2 Å². The van der Waals surface area contributed by atoms with Crippen LogP contribution in [0, 0.1) is 0 Å². The largest absolute Gasteiger partial charge is 0.318 e. The number of hydrogen-bond donors (Lipinski definition) is 1. The molecule has 158 valence electrons. The Morgan fingerprint density at radius 1 is 0.688 bits per heavy atom. The van der Waals surface area contributed by atoms with Crippen LogP contribution in [-0.4, -0.2) is 5.91 Å². The smallest absolute Gasteiger partial charge is 0.255 e. The SMILES string of the molecule is O=C(NC(=Cc1ccc(Cl)cc1)P(=O)(c1ccccc1)c1ccccc1)c1ccccc1. The van der Waals surface area contributed by atoms with Crippen molar-refractivity contribution in [3.8, 4) is 0 Å². The van der Waals surface area contributed by atoms with E-state index in [2.05, 4.69) is 5.32 Å². The van der Waals surface area contributed by atoms with Crippen LogP contribution < -0.4 is 15.9 Å². The maximum absolute atomic E-state index is 14.8. The van der Waals surface area contributed by atoms with Crippen molar-refractivity contribution >= 4 is 41.3 Å². The molecule has 4 aromatic rings. The molecule has 0 aliphatic rings. The van der Waals surface area contributed by atoms with Gasteiger partial charge >= 0.3 is 0 Å². The van der Waals surface area contributed by atoms with E-state index in [1.807, 2.05) is 78.9 Å². The Bertz CT molecular complexity index is 1230. The van der Waals surface area contributed by atoms with Crippen LogP contribution in [0.3, 0.4) is 0 Å². The van der Waals surface area contributed by atoms with Crippen molar-refractivity contribution in [3.63, 3.8) is 0 Å². The van der Waals surface area contributed by atoms with E-state index >= 15 is 0 Å². The van der Waals surface area contributed by atoms with Crippen LogP contribution in [-0.2, 0) is 4.57 Å². The molecular weight excluding hydrogens is 437 g/mol. The summed E-state index contributed by atoms with van der Waals surface area (Å²) in [6.45, 7) is 0. The molecule has 4 aromatic carbocycles. The number of carbonyl (C=O) groups excluding carboxylic acids is 1. The lowest BCUT2D eigenvalue weighted by atomic mass is 10.2. The van der Waals surface area contributed by atoms with Crippen LogP contribution in [0.25, 0.3) is 6.08 Å². The molecule has 0 fully saturated rings. The molecule has 0 spiro atoms. The second-order valence-electron chi connectivity index (χ2n) is 7.18. The van der Waals surface area contributed by atoms with E-state index in [-0.39, 0.29) is 5.91 Å². The van der Waals surface area contributed by atoms with Gasteiger partial charge in [-0.3, -0.25) is 4.79 Å². The third-order valence-electron chi connectivity index (χ3n) is 5.03. The first-order valence-corrected chi connectivity index (χ1v) is 12.2. The van der Waals surface area contributed by atoms with Crippen LogP contribution in [0.5, 0.6) is 0 Å². The van der Waals surface area contributed by atoms with E-state index in [1.165, 1.54) is 0 Å². The van der Waals surface area contributed by atoms with Gasteiger partial charge in [0, 0.05) is 21.2 Å². The zero-order chi connectivity index (χ0) is 22.4. The summed E-state index contributed by atoms with van der Waals surface area (Å²) < 4.78 is 14.8. The molecule has 0 heterocycles. The van der Waals surface area contributed by atoms with Crippen LogP contribution >= 0.6 is 18.7 Å². The minimum atomic E-state index is -3.39. The van der Waals surface area contributed by atoms with Crippen molar-refractivity contribution in [1.29, 1.82) is 0 Å². The van der Waals surface area contributed by atoms with Gasteiger partial charge in [0.2, 0.25) is 0 Å². The number of halogens is 1. The lowest BCUT2D eigenvalue weighted by Gasteiger charge is -2.23. The van der Waals surface area contributed by atoms with E-state index in [0.717, 1.165) is 5.56 Å². The average Bonchev–Trinajstić information content (AvgIpc) is 2.86. The van der Waals surface area contributed by atoms with Gasteiger partial charge in [0.25, 0.3) is 5.91 Å². The summed E-state index contributed by atoms with van der Waals surface area (Å²) in [5.74, 6) is -0.321.